The average molecular weight is 397 g/mol. The molecule has 3 heterocycles. The first-order valence-corrected chi connectivity index (χ1v) is 10.4. The van der Waals surface area contributed by atoms with E-state index in [0.29, 0.717) is 18.6 Å². The van der Waals surface area contributed by atoms with Crippen LogP contribution in [0.25, 0.3) is 5.65 Å². The zero-order valence-electron chi connectivity index (χ0n) is 15.8. The van der Waals surface area contributed by atoms with Crippen molar-refractivity contribution in [2.45, 2.75) is 50.7 Å². The smallest absolute Gasteiger partial charge is 0.159 e. The second-order valence-corrected chi connectivity index (χ2v) is 8.23. The highest BCUT2D eigenvalue weighted by atomic mass is 35.5. The molecule has 0 spiro atoms. The SMILES string of the molecule is NC1CCC(N2CCc3c2nc2ccnn2c3NCc2ccccc2Cl)CC1. The molecule has 28 heavy (non-hydrogen) atoms. The highest BCUT2D eigenvalue weighted by Crippen LogP contribution is 2.37. The lowest BCUT2D eigenvalue weighted by atomic mass is 9.91. The first kappa shape index (κ1) is 17.8. The van der Waals surface area contributed by atoms with E-state index in [9.17, 15) is 0 Å². The van der Waals surface area contributed by atoms with Crippen LogP contribution in [0, 0.1) is 0 Å². The maximum atomic E-state index is 6.35. The molecule has 7 heteroatoms. The fourth-order valence-corrected chi connectivity index (χ4v) is 4.74. The third-order valence-corrected chi connectivity index (χ3v) is 6.44. The van der Waals surface area contributed by atoms with Crippen LogP contribution in [0.2, 0.25) is 5.02 Å². The van der Waals surface area contributed by atoms with Gasteiger partial charge in [0.1, 0.15) is 11.6 Å². The summed E-state index contributed by atoms with van der Waals surface area (Å²) in [6.45, 7) is 1.67. The summed E-state index contributed by atoms with van der Waals surface area (Å²) in [5.74, 6) is 2.13. The summed E-state index contributed by atoms with van der Waals surface area (Å²) in [6, 6.07) is 10.8. The molecule has 3 aromatic rings. The maximum Gasteiger partial charge on any atom is 0.159 e. The predicted octanol–water partition coefficient (Wildman–Crippen LogP) is 3.63. The Bertz CT molecular complexity index is 992. The molecular weight excluding hydrogens is 372 g/mol. The number of halogens is 1. The molecular formula is C21H25ClN6. The molecule has 2 aromatic heterocycles. The summed E-state index contributed by atoms with van der Waals surface area (Å²) in [7, 11) is 0. The summed E-state index contributed by atoms with van der Waals surface area (Å²) in [6.07, 6.45) is 7.28. The molecule has 6 nitrogen and oxygen atoms in total. The minimum absolute atomic E-state index is 0.358. The molecule has 1 fully saturated rings. The number of rotatable bonds is 4. The second kappa shape index (κ2) is 7.26. The summed E-state index contributed by atoms with van der Waals surface area (Å²) < 4.78 is 1.91. The van der Waals surface area contributed by atoms with Gasteiger partial charge in [-0.3, -0.25) is 0 Å². The quantitative estimate of drug-likeness (QED) is 0.704. The number of nitrogens with two attached hydrogens (primary N) is 1. The van der Waals surface area contributed by atoms with Crippen molar-refractivity contribution in [2.24, 2.45) is 5.73 Å². The van der Waals surface area contributed by atoms with Crippen LogP contribution < -0.4 is 16.0 Å². The number of nitrogens with one attached hydrogen (secondary N) is 1. The van der Waals surface area contributed by atoms with Crippen LogP contribution in [0.15, 0.2) is 36.5 Å². The van der Waals surface area contributed by atoms with E-state index < -0.39 is 0 Å². The number of benzene rings is 1. The van der Waals surface area contributed by atoms with Crippen molar-refractivity contribution in [3.63, 3.8) is 0 Å². The van der Waals surface area contributed by atoms with E-state index >= 15 is 0 Å². The van der Waals surface area contributed by atoms with Crippen LogP contribution in [0.1, 0.15) is 36.8 Å². The Balaban J connectivity index is 1.48. The Morgan fingerprint density at radius 3 is 2.79 bits per heavy atom. The summed E-state index contributed by atoms with van der Waals surface area (Å²) in [4.78, 5) is 7.45. The van der Waals surface area contributed by atoms with E-state index in [1.807, 2.05) is 35.0 Å². The Hall–Kier alpha value is -2.31. The van der Waals surface area contributed by atoms with Crippen molar-refractivity contribution >= 4 is 28.9 Å². The van der Waals surface area contributed by atoms with Crippen molar-refractivity contribution in [1.82, 2.24) is 14.6 Å². The molecule has 0 radical (unpaired) electrons. The normalized spacial score (nSPS) is 21.9. The van der Waals surface area contributed by atoms with Gasteiger partial charge in [0.15, 0.2) is 5.65 Å². The Morgan fingerprint density at radius 2 is 1.96 bits per heavy atom. The monoisotopic (exact) mass is 396 g/mol. The Labute approximate surface area is 169 Å². The Morgan fingerprint density at radius 1 is 1.14 bits per heavy atom. The molecule has 0 saturated heterocycles. The van der Waals surface area contributed by atoms with Crippen molar-refractivity contribution in [3.8, 4) is 0 Å². The summed E-state index contributed by atoms with van der Waals surface area (Å²) in [5.41, 5.74) is 9.31. The lowest BCUT2D eigenvalue weighted by Gasteiger charge is -2.34. The molecule has 0 unspecified atom stereocenters. The highest BCUT2D eigenvalue weighted by Gasteiger charge is 2.32. The highest BCUT2D eigenvalue weighted by molar-refractivity contribution is 6.31. The van der Waals surface area contributed by atoms with Crippen molar-refractivity contribution in [2.75, 3.05) is 16.8 Å². The molecule has 2 aliphatic rings. The number of hydrogen-bond acceptors (Lipinski definition) is 5. The van der Waals surface area contributed by atoms with E-state index in [1.165, 1.54) is 5.56 Å². The van der Waals surface area contributed by atoms with Gasteiger partial charge in [0.2, 0.25) is 0 Å². The van der Waals surface area contributed by atoms with Gasteiger partial charge in [-0.2, -0.15) is 9.61 Å². The van der Waals surface area contributed by atoms with Gasteiger partial charge in [0.05, 0.1) is 6.20 Å². The zero-order chi connectivity index (χ0) is 19.1. The molecule has 0 amide bonds. The number of anilines is 2. The number of nitrogens with zero attached hydrogens (tertiary/aromatic N) is 4. The van der Waals surface area contributed by atoms with Gasteiger partial charge in [-0.25, -0.2) is 4.98 Å². The van der Waals surface area contributed by atoms with Crippen LogP contribution in [-0.4, -0.2) is 33.2 Å². The molecule has 1 aromatic carbocycles. The van der Waals surface area contributed by atoms with E-state index in [2.05, 4.69) is 21.4 Å². The van der Waals surface area contributed by atoms with Gasteiger partial charge in [-0.05, 0) is 43.7 Å². The van der Waals surface area contributed by atoms with Crippen LogP contribution in [0.3, 0.4) is 0 Å². The third-order valence-electron chi connectivity index (χ3n) is 6.07. The summed E-state index contributed by atoms with van der Waals surface area (Å²) >= 11 is 6.35. The average Bonchev–Trinajstić information content (AvgIpc) is 3.34. The maximum absolute atomic E-state index is 6.35. The van der Waals surface area contributed by atoms with Gasteiger partial charge in [-0.1, -0.05) is 29.8 Å². The van der Waals surface area contributed by atoms with Crippen molar-refractivity contribution in [3.05, 3.63) is 52.7 Å². The van der Waals surface area contributed by atoms with Gasteiger partial charge >= 0.3 is 0 Å². The number of hydrogen-bond donors (Lipinski definition) is 2. The van der Waals surface area contributed by atoms with Gasteiger partial charge in [0.25, 0.3) is 0 Å². The topological polar surface area (TPSA) is 71.5 Å². The van der Waals surface area contributed by atoms with Crippen LogP contribution in [0.4, 0.5) is 11.6 Å². The van der Waals surface area contributed by atoms with Crippen LogP contribution >= 0.6 is 11.6 Å². The van der Waals surface area contributed by atoms with Crippen molar-refractivity contribution in [1.29, 1.82) is 0 Å². The van der Waals surface area contributed by atoms with Gasteiger partial charge < -0.3 is 16.0 Å². The Kier molecular flexibility index (Phi) is 4.61. The second-order valence-electron chi connectivity index (χ2n) is 7.82. The predicted molar refractivity (Wildman–Crippen MR) is 113 cm³/mol. The lowest BCUT2D eigenvalue weighted by molar-refractivity contribution is 0.378. The first-order chi connectivity index (χ1) is 13.7. The fraction of sp³-hybridized carbons (Fsp3) is 0.429. The first-order valence-electron chi connectivity index (χ1n) is 10.1. The van der Waals surface area contributed by atoms with E-state index in [1.54, 1.807) is 0 Å². The van der Waals surface area contributed by atoms with E-state index in [0.717, 1.165) is 66.5 Å². The minimum Gasteiger partial charge on any atom is -0.365 e. The lowest BCUT2D eigenvalue weighted by Crippen LogP contribution is -2.40. The fourth-order valence-electron chi connectivity index (χ4n) is 4.54. The molecule has 1 saturated carbocycles. The summed E-state index contributed by atoms with van der Waals surface area (Å²) in [5, 5.41) is 8.87. The number of aromatic nitrogens is 3. The molecule has 1 aliphatic heterocycles. The zero-order valence-corrected chi connectivity index (χ0v) is 16.6. The van der Waals surface area contributed by atoms with E-state index in [4.69, 9.17) is 22.3 Å². The number of fused-ring (bicyclic) bond motifs is 2. The van der Waals surface area contributed by atoms with Crippen LogP contribution in [-0.2, 0) is 13.0 Å². The minimum atomic E-state index is 0.358. The third kappa shape index (κ3) is 3.10. The van der Waals surface area contributed by atoms with Gasteiger partial charge in [0, 0.05) is 41.8 Å². The standard InChI is InChI=1S/C21H25ClN6/c22-18-4-2-1-3-14(18)13-24-20-17-10-12-27(16-7-5-15(23)6-8-16)21(17)26-19-9-11-25-28(19)20/h1-4,9,11,15-16,24H,5-8,10,12-13,23H2. The van der Waals surface area contributed by atoms with Gasteiger partial charge in [-0.15, -0.1) is 0 Å². The van der Waals surface area contributed by atoms with E-state index in [-0.39, 0.29) is 0 Å². The largest absolute Gasteiger partial charge is 0.365 e. The molecule has 1 aliphatic carbocycles. The molecule has 0 atom stereocenters. The molecule has 0 bridgehead atoms. The van der Waals surface area contributed by atoms with Crippen LogP contribution in [0.5, 0.6) is 0 Å². The molecule has 5 rings (SSSR count). The van der Waals surface area contributed by atoms with Crippen molar-refractivity contribution < 1.29 is 0 Å². The molecule has 146 valence electrons. The molecule has 3 N–H and O–H groups in total.